The number of benzene rings is 2. The molecule has 1 N–H and O–H groups in total. The van der Waals surface area contributed by atoms with E-state index >= 15 is 0 Å². The number of carbonyl (C=O) groups excluding carboxylic acids is 1. The third-order valence-corrected chi connectivity index (χ3v) is 6.42. The average Bonchev–Trinajstić information content (AvgIpc) is 2.80. The van der Waals surface area contributed by atoms with Crippen LogP contribution >= 0.6 is 23.2 Å². The van der Waals surface area contributed by atoms with Gasteiger partial charge in [-0.25, -0.2) is 14.4 Å². The number of hydrogen-bond acceptors (Lipinski definition) is 6. The molecular weight excluding hydrogens is 470 g/mol. The van der Waals surface area contributed by atoms with Crippen LogP contribution in [-0.2, 0) is 4.79 Å². The normalized spacial score (nSPS) is 17.2. The smallest absolute Gasteiger partial charge is 0.245 e. The van der Waals surface area contributed by atoms with Gasteiger partial charge in [0, 0.05) is 37.4 Å². The van der Waals surface area contributed by atoms with E-state index in [1.54, 1.807) is 31.2 Å². The van der Waals surface area contributed by atoms with Crippen LogP contribution in [0.25, 0.3) is 10.9 Å². The van der Waals surface area contributed by atoms with Crippen LogP contribution in [0.15, 0.2) is 43.2 Å². The number of carbonyl (C=O) groups is 1. The molecule has 3 aromatic rings. The van der Waals surface area contributed by atoms with Gasteiger partial charge in [0.25, 0.3) is 0 Å². The predicted molar refractivity (Wildman–Crippen MR) is 126 cm³/mol. The fourth-order valence-corrected chi connectivity index (χ4v) is 3.93. The Kier molecular flexibility index (Phi) is 6.58. The van der Waals surface area contributed by atoms with Gasteiger partial charge >= 0.3 is 0 Å². The minimum Gasteiger partial charge on any atom is -0.493 e. The molecule has 0 spiro atoms. The molecule has 0 saturated heterocycles. The number of methoxy groups -OCH3 is 1. The van der Waals surface area contributed by atoms with Crippen molar-refractivity contribution in [3.05, 3.63) is 59.1 Å². The molecule has 7 nitrogen and oxygen atoms in total. The van der Waals surface area contributed by atoms with Crippen LogP contribution in [0.4, 0.5) is 15.9 Å². The summed E-state index contributed by atoms with van der Waals surface area (Å²) in [6.07, 6.45) is 3.94. The molecule has 1 aliphatic rings. The van der Waals surface area contributed by atoms with Crippen LogP contribution in [0.5, 0.6) is 11.5 Å². The summed E-state index contributed by atoms with van der Waals surface area (Å²) >= 11 is 11.8. The number of rotatable bonds is 7. The number of amides is 1. The molecule has 1 fully saturated rings. The molecule has 1 heterocycles. The SMILES string of the molecule is C=CC(=O)N(C)C1CC(Oc2cc3c(Nc4ccc(Cl)c(Cl)c4F)ncnc3cc2OC)C1. The molecule has 33 heavy (non-hydrogen) atoms. The minimum absolute atomic E-state index is 0.0880. The fraction of sp³-hybridized carbons (Fsp3) is 0.261. The second-order valence-electron chi connectivity index (χ2n) is 7.61. The second-order valence-corrected chi connectivity index (χ2v) is 8.39. The standard InChI is InChI=1S/C23H21Cl2FN4O3/c1-4-20(31)30(2)12-7-13(8-12)33-19-9-14-17(10-18(19)32-3)27-11-28-23(14)29-16-6-5-15(24)21(25)22(16)26/h4-6,9-13H,1,7-8H2,2-3H3,(H,27,28,29). The first-order valence-electron chi connectivity index (χ1n) is 10.1. The van der Waals surface area contributed by atoms with E-state index in [1.165, 1.54) is 24.5 Å². The number of anilines is 2. The van der Waals surface area contributed by atoms with Crippen molar-refractivity contribution in [2.45, 2.75) is 25.0 Å². The van der Waals surface area contributed by atoms with Crippen molar-refractivity contribution in [1.82, 2.24) is 14.9 Å². The fourth-order valence-electron chi connectivity index (χ4n) is 3.62. The summed E-state index contributed by atoms with van der Waals surface area (Å²) in [5.74, 6) is 0.571. The molecular formula is C23H21Cl2FN4O3. The lowest BCUT2D eigenvalue weighted by molar-refractivity contribution is -0.130. The van der Waals surface area contributed by atoms with Crippen molar-refractivity contribution in [2.75, 3.05) is 19.5 Å². The highest BCUT2D eigenvalue weighted by Crippen LogP contribution is 2.39. The van der Waals surface area contributed by atoms with Gasteiger partial charge in [-0.15, -0.1) is 0 Å². The molecule has 1 aliphatic carbocycles. The van der Waals surface area contributed by atoms with Gasteiger partial charge in [-0.2, -0.15) is 0 Å². The number of halogens is 3. The van der Waals surface area contributed by atoms with Crippen molar-refractivity contribution in [3.63, 3.8) is 0 Å². The maximum absolute atomic E-state index is 14.6. The molecule has 1 amide bonds. The molecule has 172 valence electrons. The van der Waals surface area contributed by atoms with Crippen molar-refractivity contribution in [3.8, 4) is 11.5 Å². The number of nitrogens with one attached hydrogen (secondary N) is 1. The quantitative estimate of drug-likeness (QED) is 0.353. The van der Waals surface area contributed by atoms with Crippen LogP contribution in [0.2, 0.25) is 10.0 Å². The number of hydrogen-bond donors (Lipinski definition) is 1. The summed E-state index contributed by atoms with van der Waals surface area (Å²) in [6.45, 7) is 3.52. The van der Waals surface area contributed by atoms with E-state index in [4.69, 9.17) is 32.7 Å². The number of likely N-dealkylation sites (N-methyl/N-ethyl adjacent to an activating group) is 1. The maximum atomic E-state index is 14.6. The van der Waals surface area contributed by atoms with Crippen LogP contribution in [0.1, 0.15) is 12.8 Å². The van der Waals surface area contributed by atoms with Gasteiger partial charge in [-0.1, -0.05) is 29.8 Å². The number of aromatic nitrogens is 2. The average molecular weight is 491 g/mol. The molecule has 10 heteroatoms. The molecule has 0 unspecified atom stereocenters. The van der Waals surface area contributed by atoms with Crippen LogP contribution in [-0.4, -0.2) is 47.1 Å². The first-order chi connectivity index (χ1) is 15.8. The zero-order chi connectivity index (χ0) is 23.7. The Hall–Kier alpha value is -3.10. The predicted octanol–water partition coefficient (Wildman–Crippen LogP) is 5.38. The van der Waals surface area contributed by atoms with Crippen molar-refractivity contribution in [2.24, 2.45) is 0 Å². The van der Waals surface area contributed by atoms with Gasteiger partial charge < -0.3 is 19.7 Å². The van der Waals surface area contributed by atoms with Crippen LogP contribution in [0, 0.1) is 5.82 Å². The summed E-state index contributed by atoms with van der Waals surface area (Å²) in [7, 11) is 3.29. The van der Waals surface area contributed by atoms with Crippen molar-refractivity contribution in [1.29, 1.82) is 0 Å². The second kappa shape index (κ2) is 9.41. The number of nitrogens with zero attached hydrogens (tertiary/aromatic N) is 3. The van der Waals surface area contributed by atoms with Crippen LogP contribution in [0.3, 0.4) is 0 Å². The minimum atomic E-state index is -0.681. The topological polar surface area (TPSA) is 76.6 Å². The van der Waals surface area contributed by atoms with E-state index in [1.807, 2.05) is 0 Å². The lowest BCUT2D eigenvalue weighted by atomic mass is 9.88. The van der Waals surface area contributed by atoms with E-state index in [9.17, 15) is 9.18 Å². The molecule has 0 atom stereocenters. The summed E-state index contributed by atoms with van der Waals surface area (Å²) < 4.78 is 26.2. The molecule has 1 aromatic heterocycles. The highest BCUT2D eigenvalue weighted by atomic mass is 35.5. The Morgan fingerprint density at radius 3 is 2.73 bits per heavy atom. The van der Waals surface area contributed by atoms with E-state index in [-0.39, 0.29) is 33.8 Å². The summed E-state index contributed by atoms with van der Waals surface area (Å²) in [5.41, 5.74) is 0.708. The van der Waals surface area contributed by atoms with Crippen molar-refractivity contribution >= 4 is 51.5 Å². The third kappa shape index (κ3) is 4.54. The molecule has 2 aromatic carbocycles. The van der Waals surface area contributed by atoms with Crippen LogP contribution < -0.4 is 14.8 Å². The molecule has 0 radical (unpaired) electrons. The summed E-state index contributed by atoms with van der Waals surface area (Å²) in [5, 5.41) is 3.50. The number of fused-ring (bicyclic) bond motifs is 1. The maximum Gasteiger partial charge on any atom is 0.245 e. The largest absolute Gasteiger partial charge is 0.493 e. The van der Waals surface area contributed by atoms with Gasteiger partial charge in [0.2, 0.25) is 5.91 Å². The zero-order valence-corrected chi connectivity index (χ0v) is 19.5. The van der Waals surface area contributed by atoms with Gasteiger partial charge in [0.1, 0.15) is 18.2 Å². The van der Waals surface area contributed by atoms with Gasteiger partial charge in [0.15, 0.2) is 17.3 Å². The summed E-state index contributed by atoms with van der Waals surface area (Å²) in [4.78, 5) is 22.0. The molecule has 4 rings (SSSR count). The molecule has 1 saturated carbocycles. The van der Waals surface area contributed by atoms with E-state index in [0.29, 0.717) is 41.1 Å². The first kappa shape index (κ1) is 23.1. The first-order valence-corrected chi connectivity index (χ1v) is 10.9. The Bertz CT molecular complexity index is 1230. The van der Waals surface area contributed by atoms with E-state index in [0.717, 1.165) is 0 Å². The Labute approximate surface area is 200 Å². The highest BCUT2D eigenvalue weighted by molar-refractivity contribution is 6.42. The Balaban J connectivity index is 1.60. The molecule has 0 aliphatic heterocycles. The van der Waals surface area contributed by atoms with Gasteiger partial charge in [0.05, 0.1) is 28.4 Å². The van der Waals surface area contributed by atoms with Crippen molar-refractivity contribution < 1.29 is 18.7 Å². The monoisotopic (exact) mass is 490 g/mol. The van der Waals surface area contributed by atoms with Gasteiger partial charge in [-0.3, -0.25) is 4.79 Å². The highest BCUT2D eigenvalue weighted by Gasteiger charge is 2.35. The Morgan fingerprint density at radius 2 is 2.03 bits per heavy atom. The lowest BCUT2D eigenvalue weighted by Crippen LogP contribution is -2.49. The zero-order valence-electron chi connectivity index (χ0n) is 17.9. The van der Waals surface area contributed by atoms with E-state index in [2.05, 4.69) is 21.9 Å². The van der Waals surface area contributed by atoms with E-state index < -0.39 is 5.82 Å². The summed E-state index contributed by atoms with van der Waals surface area (Å²) in [6, 6.07) is 6.54. The number of ether oxygens (including phenoxy) is 2. The van der Waals surface area contributed by atoms with Gasteiger partial charge in [-0.05, 0) is 24.3 Å². The third-order valence-electron chi connectivity index (χ3n) is 5.64. The lowest BCUT2D eigenvalue weighted by Gasteiger charge is -2.40. The Morgan fingerprint density at radius 1 is 1.27 bits per heavy atom. The molecule has 0 bridgehead atoms.